The number of benzene rings is 1. The van der Waals surface area contributed by atoms with Crippen LogP contribution in [0.2, 0.25) is 0 Å². The third kappa shape index (κ3) is 2.67. The highest BCUT2D eigenvalue weighted by molar-refractivity contribution is 5.97. The molecule has 0 unspecified atom stereocenters. The predicted molar refractivity (Wildman–Crippen MR) is 104 cm³/mol. The second-order valence-corrected chi connectivity index (χ2v) is 6.40. The zero-order valence-corrected chi connectivity index (χ0v) is 14.3. The highest BCUT2D eigenvalue weighted by atomic mass is 16.1. The van der Waals surface area contributed by atoms with E-state index < -0.39 is 0 Å². The second kappa shape index (κ2) is 6.17. The van der Waals surface area contributed by atoms with E-state index in [4.69, 9.17) is 0 Å². The lowest BCUT2D eigenvalue weighted by Gasteiger charge is -2.07. The smallest absolute Gasteiger partial charge is 0.272 e. The number of nitrogens with one attached hydrogen (secondary N) is 2. The molecule has 0 fully saturated rings. The van der Waals surface area contributed by atoms with Crippen LogP contribution in [0.25, 0.3) is 32.9 Å². The van der Waals surface area contributed by atoms with Crippen molar-refractivity contribution in [3.63, 3.8) is 0 Å². The van der Waals surface area contributed by atoms with Gasteiger partial charge in [0.25, 0.3) is 5.56 Å². The summed E-state index contributed by atoms with van der Waals surface area (Å²) in [6.45, 7) is 0. The van der Waals surface area contributed by atoms with Crippen LogP contribution in [0.5, 0.6) is 0 Å². The maximum atomic E-state index is 12.2. The van der Waals surface area contributed by atoms with Crippen LogP contribution < -0.4 is 5.56 Å². The van der Waals surface area contributed by atoms with Gasteiger partial charge in [-0.3, -0.25) is 9.78 Å². The molecule has 5 rings (SSSR count). The minimum Gasteiger partial charge on any atom is -0.346 e. The molecule has 0 saturated heterocycles. The normalized spacial score (nSPS) is 11.3. The van der Waals surface area contributed by atoms with E-state index in [1.807, 2.05) is 54.9 Å². The maximum Gasteiger partial charge on any atom is 0.272 e. The number of aromatic nitrogens is 5. The summed E-state index contributed by atoms with van der Waals surface area (Å²) in [4.78, 5) is 24.0. The fourth-order valence-corrected chi connectivity index (χ4v) is 3.41. The second-order valence-electron chi connectivity index (χ2n) is 6.40. The van der Waals surface area contributed by atoms with Gasteiger partial charge in [-0.1, -0.05) is 12.1 Å². The molecule has 2 N–H and O–H groups in total. The van der Waals surface area contributed by atoms with Crippen molar-refractivity contribution in [2.45, 2.75) is 6.42 Å². The van der Waals surface area contributed by atoms with Crippen LogP contribution >= 0.6 is 0 Å². The number of H-pyrrole nitrogens is 2. The van der Waals surface area contributed by atoms with Crippen molar-refractivity contribution in [2.75, 3.05) is 0 Å². The largest absolute Gasteiger partial charge is 0.346 e. The van der Waals surface area contributed by atoms with E-state index in [0.29, 0.717) is 11.8 Å². The van der Waals surface area contributed by atoms with E-state index in [2.05, 4.69) is 25.1 Å². The van der Waals surface area contributed by atoms with Gasteiger partial charge in [0.05, 0.1) is 11.1 Å². The molecular weight excluding hydrogens is 338 g/mol. The van der Waals surface area contributed by atoms with Crippen LogP contribution in [-0.4, -0.2) is 25.1 Å². The number of aromatic amines is 2. The van der Waals surface area contributed by atoms with Gasteiger partial charge in [0.2, 0.25) is 0 Å². The van der Waals surface area contributed by atoms with E-state index in [9.17, 15) is 4.79 Å². The molecule has 1 aromatic carbocycles. The number of nitrogens with zero attached hydrogens (tertiary/aromatic N) is 3. The number of hydrogen-bond acceptors (Lipinski definition) is 4. The van der Waals surface area contributed by atoms with Crippen molar-refractivity contribution in [1.29, 1.82) is 0 Å². The Balaban J connectivity index is 1.70. The predicted octanol–water partition coefficient (Wildman–Crippen LogP) is 3.45. The molecule has 0 saturated carbocycles. The van der Waals surface area contributed by atoms with Crippen LogP contribution in [0.15, 0.2) is 72.0 Å². The van der Waals surface area contributed by atoms with Crippen molar-refractivity contribution >= 4 is 21.8 Å². The molecule has 0 spiro atoms. The Labute approximate surface area is 153 Å². The van der Waals surface area contributed by atoms with E-state index in [-0.39, 0.29) is 5.56 Å². The summed E-state index contributed by atoms with van der Waals surface area (Å²) in [6.07, 6.45) is 7.86. The standard InChI is InChI=1S/C21H15N5O/c27-21-16-6-5-14(18-12-24-20-15(18)4-2-8-23-20)10-17(16)19(25-26-21)9-13-3-1-7-22-11-13/h1-8,10-12H,9H2,(H,23,24)(H,26,27). The zero-order valence-electron chi connectivity index (χ0n) is 14.3. The number of pyridine rings is 2. The summed E-state index contributed by atoms with van der Waals surface area (Å²) in [7, 11) is 0. The van der Waals surface area contributed by atoms with Gasteiger partial charge in [0.1, 0.15) is 5.65 Å². The van der Waals surface area contributed by atoms with Gasteiger partial charge in [-0.05, 0) is 41.5 Å². The Hall–Kier alpha value is -3.80. The van der Waals surface area contributed by atoms with Crippen LogP contribution in [-0.2, 0) is 6.42 Å². The molecule has 0 aliphatic carbocycles. The van der Waals surface area contributed by atoms with Gasteiger partial charge < -0.3 is 4.98 Å². The Morgan fingerprint density at radius 3 is 2.78 bits per heavy atom. The van der Waals surface area contributed by atoms with Crippen LogP contribution in [0.4, 0.5) is 0 Å². The Bertz CT molecular complexity index is 1320. The molecule has 0 bridgehead atoms. The summed E-state index contributed by atoms with van der Waals surface area (Å²) in [5.74, 6) is 0. The quantitative estimate of drug-likeness (QED) is 0.520. The van der Waals surface area contributed by atoms with E-state index in [0.717, 1.165) is 38.8 Å². The molecule has 0 aliphatic rings. The molecule has 0 radical (unpaired) electrons. The Morgan fingerprint density at radius 2 is 1.89 bits per heavy atom. The molecular formula is C21H15N5O. The topological polar surface area (TPSA) is 87.3 Å². The van der Waals surface area contributed by atoms with Crippen molar-refractivity contribution in [3.05, 3.63) is 88.9 Å². The summed E-state index contributed by atoms with van der Waals surface area (Å²) < 4.78 is 0. The average Bonchev–Trinajstić information content (AvgIpc) is 3.15. The van der Waals surface area contributed by atoms with Crippen molar-refractivity contribution in [2.24, 2.45) is 0 Å². The molecule has 0 aliphatic heterocycles. The molecule has 5 aromatic rings. The molecule has 4 aromatic heterocycles. The lowest BCUT2D eigenvalue weighted by atomic mass is 9.99. The first-order valence-corrected chi connectivity index (χ1v) is 8.62. The van der Waals surface area contributed by atoms with Crippen molar-refractivity contribution in [3.8, 4) is 11.1 Å². The summed E-state index contributed by atoms with van der Waals surface area (Å²) in [6, 6.07) is 13.7. The Kier molecular flexibility index (Phi) is 3.53. The van der Waals surface area contributed by atoms with Crippen molar-refractivity contribution < 1.29 is 0 Å². The number of hydrogen-bond donors (Lipinski definition) is 2. The highest BCUT2D eigenvalue weighted by Crippen LogP contribution is 2.30. The van der Waals surface area contributed by atoms with Gasteiger partial charge in [0.15, 0.2) is 0 Å². The molecule has 27 heavy (non-hydrogen) atoms. The maximum absolute atomic E-state index is 12.2. The van der Waals surface area contributed by atoms with Gasteiger partial charge in [0, 0.05) is 47.5 Å². The third-order valence-electron chi connectivity index (χ3n) is 4.72. The van der Waals surface area contributed by atoms with Gasteiger partial charge in [-0.2, -0.15) is 5.10 Å². The monoisotopic (exact) mass is 353 g/mol. The van der Waals surface area contributed by atoms with E-state index in [1.54, 1.807) is 12.4 Å². The average molecular weight is 353 g/mol. The summed E-state index contributed by atoms with van der Waals surface area (Å²) in [5.41, 5.74) is 4.57. The molecule has 0 atom stereocenters. The SMILES string of the molecule is O=c1[nH]nc(Cc2cccnc2)c2cc(-c3c[nH]c4ncccc34)ccc12. The lowest BCUT2D eigenvalue weighted by molar-refractivity contribution is 0.931. The first-order valence-electron chi connectivity index (χ1n) is 8.62. The highest BCUT2D eigenvalue weighted by Gasteiger charge is 2.12. The summed E-state index contributed by atoms with van der Waals surface area (Å²) in [5, 5.41) is 9.43. The molecule has 6 heteroatoms. The summed E-state index contributed by atoms with van der Waals surface area (Å²) >= 11 is 0. The van der Waals surface area contributed by atoms with Crippen LogP contribution in [0.1, 0.15) is 11.3 Å². The fourth-order valence-electron chi connectivity index (χ4n) is 3.41. The van der Waals surface area contributed by atoms with E-state index in [1.165, 1.54) is 0 Å². The van der Waals surface area contributed by atoms with Crippen LogP contribution in [0.3, 0.4) is 0 Å². The van der Waals surface area contributed by atoms with E-state index >= 15 is 0 Å². The number of rotatable bonds is 3. The van der Waals surface area contributed by atoms with Gasteiger partial charge >= 0.3 is 0 Å². The fraction of sp³-hybridized carbons (Fsp3) is 0.0476. The van der Waals surface area contributed by atoms with Gasteiger partial charge in [-0.25, -0.2) is 10.1 Å². The number of fused-ring (bicyclic) bond motifs is 2. The molecule has 4 heterocycles. The molecule has 6 nitrogen and oxygen atoms in total. The minimum absolute atomic E-state index is 0.188. The first kappa shape index (κ1) is 15.5. The Morgan fingerprint density at radius 1 is 0.963 bits per heavy atom. The van der Waals surface area contributed by atoms with Crippen molar-refractivity contribution in [1.82, 2.24) is 25.1 Å². The van der Waals surface area contributed by atoms with Crippen LogP contribution in [0, 0.1) is 0 Å². The lowest BCUT2D eigenvalue weighted by Crippen LogP contribution is -2.11. The third-order valence-corrected chi connectivity index (χ3v) is 4.72. The minimum atomic E-state index is -0.188. The molecule has 0 amide bonds. The zero-order chi connectivity index (χ0) is 18.2. The molecule has 130 valence electrons. The first-order chi connectivity index (χ1) is 13.3. The van der Waals surface area contributed by atoms with Gasteiger partial charge in [-0.15, -0.1) is 0 Å².